The molecule has 1 saturated heterocycles. The Kier molecular flexibility index (Phi) is 10.4. The van der Waals surface area contributed by atoms with E-state index >= 15 is 0 Å². The van der Waals surface area contributed by atoms with Crippen molar-refractivity contribution in [1.29, 1.82) is 0 Å². The molecule has 3 rings (SSSR count). The zero-order chi connectivity index (χ0) is 30.6. The van der Waals surface area contributed by atoms with E-state index < -0.39 is 40.1 Å². The van der Waals surface area contributed by atoms with Crippen LogP contribution in [0.1, 0.15) is 72.8 Å². The summed E-state index contributed by atoms with van der Waals surface area (Å²) in [5, 5.41) is 13.0. The van der Waals surface area contributed by atoms with Crippen LogP contribution in [0.4, 0.5) is 9.59 Å². The summed E-state index contributed by atoms with van der Waals surface area (Å²) in [6.07, 6.45) is 0.0169. The number of carbonyl (C=O) groups excluding carboxylic acids is 2. The van der Waals surface area contributed by atoms with Gasteiger partial charge < -0.3 is 29.5 Å². The number of piperidine rings is 1. The van der Waals surface area contributed by atoms with E-state index in [2.05, 4.69) is 5.32 Å². The summed E-state index contributed by atoms with van der Waals surface area (Å²) in [6, 6.07) is 5.99. The van der Waals surface area contributed by atoms with E-state index in [0.717, 1.165) is 5.56 Å². The van der Waals surface area contributed by atoms with Gasteiger partial charge in [-0.3, -0.25) is 4.18 Å². The predicted molar refractivity (Wildman–Crippen MR) is 152 cm³/mol. The van der Waals surface area contributed by atoms with Crippen LogP contribution < -0.4 is 5.32 Å². The highest BCUT2D eigenvalue weighted by Gasteiger charge is 2.51. The van der Waals surface area contributed by atoms with Crippen molar-refractivity contribution < 1.29 is 41.5 Å². The highest BCUT2D eigenvalue weighted by atomic mass is 32.2. The van der Waals surface area contributed by atoms with Crippen molar-refractivity contribution in [2.45, 2.75) is 108 Å². The monoisotopic (exact) mass is 598 g/mol. The van der Waals surface area contributed by atoms with Crippen LogP contribution in [0, 0.1) is 12.3 Å². The van der Waals surface area contributed by atoms with E-state index in [0.29, 0.717) is 38.8 Å². The largest absolute Gasteiger partial charge is 0.444 e. The van der Waals surface area contributed by atoms with Gasteiger partial charge in [0.05, 0.1) is 24.2 Å². The van der Waals surface area contributed by atoms with Crippen LogP contribution in [0.2, 0.25) is 0 Å². The molecule has 0 radical (unpaired) electrons. The van der Waals surface area contributed by atoms with Gasteiger partial charge in [0.2, 0.25) is 0 Å². The van der Waals surface area contributed by atoms with Crippen LogP contribution in [0.15, 0.2) is 29.2 Å². The zero-order valence-corrected chi connectivity index (χ0v) is 26.1. The number of alkyl carbamates (subject to hydrolysis) is 1. The lowest BCUT2D eigenvalue weighted by Gasteiger charge is -2.43. The van der Waals surface area contributed by atoms with Crippen LogP contribution in [-0.2, 0) is 28.5 Å². The second-order valence-electron chi connectivity index (χ2n) is 13.1. The molecule has 1 aliphatic carbocycles. The van der Waals surface area contributed by atoms with E-state index in [9.17, 15) is 23.1 Å². The molecule has 1 spiro atoms. The van der Waals surface area contributed by atoms with Crippen LogP contribution in [0.5, 0.6) is 0 Å². The van der Waals surface area contributed by atoms with Crippen LogP contribution in [0.25, 0.3) is 0 Å². The minimum atomic E-state index is -4.03. The smallest absolute Gasteiger partial charge is 0.410 e. The van der Waals surface area contributed by atoms with Gasteiger partial charge in [0.25, 0.3) is 10.1 Å². The third kappa shape index (κ3) is 9.56. The Hall–Kier alpha value is -2.41. The number of amides is 2. The first-order valence-corrected chi connectivity index (χ1v) is 15.5. The van der Waals surface area contributed by atoms with Gasteiger partial charge >= 0.3 is 12.2 Å². The highest BCUT2D eigenvalue weighted by molar-refractivity contribution is 7.86. The number of aryl methyl sites for hydroxylation is 1. The Balaban J connectivity index is 1.68. The average molecular weight is 599 g/mol. The van der Waals surface area contributed by atoms with Crippen molar-refractivity contribution in [3.63, 3.8) is 0 Å². The van der Waals surface area contributed by atoms with E-state index in [1.807, 2.05) is 27.7 Å². The molecular weight excluding hydrogens is 552 g/mol. The van der Waals surface area contributed by atoms with Gasteiger partial charge in [0.15, 0.2) is 0 Å². The first-order valence-electron chi connectivity index (χ1n) is 14.1. The molecule has 1 aromatic rings. The van der Waals surface area contributed by atoms with Gasteiger partial charge in [-0.1, -0.05) is 17.7 Å². The van der Waals surface area contributed by atoms with Crippen molar-refractivity contribution in [3.8, 4) is 0 Å². The Morgan fingerprint density at radius 3 is 2.17 bits per heavy atom. The fraction of sp³-hybridized carbons (Fsp3) is 0.724. The molecular formula is C29H46N2O9S. The number of nitrogens with one attached hydrogen (secondary N) is 1. The molecule has 2 amide bonds. The SMILES string of the molecule is Cc1ccc(S(=O)(=O)OCC(CO)O[C@H]2C[C@@H](NC(=O)OC(C)(C)C)C3(CCN(C(=O)OC(C)(C)C)CC3)C2)cc1. The van der Waals surface area contributed by atoms with E-state index in [4.69, 9.17) is 18.4 Å². The Morgan fingerprint density at radius 1 is 1.05 bits per heavy atom. The van der Waals surface area contributed by atoms with Gasteiger partial charge in [-0.15, -0.1) is 0 Å². The first-order chi connectivity index (χ1) is 18.9. The van der Waals surface area contributed by atoms with Crippen LogP contribution in [0.3, 0.4) is 0 Å². The number of hydrogen-bond donors (Lipinski definition) is 2. The van der Waals surface area contributed by atoms with Gasteiger partial charge in [0, 0.05) is 19.1 Å². The predicted octanol–water partition coefficient (Wildman–Crippen LogP) is 4.15. The fourth-order valence-corrected chi connectivity index (χ4v) is 6.25. The van der Waals surface area contributed by atoms with Crippen molar-refractivity contribution in [2.24, 2.45) is 5.41 Å². The molecule has 0 bridgehead atoms. The summed E-state index contributed by atoms with van der Waals surface area (Å²) < 4.78 is 47.7. The number of hydrogen-bond acceptors (Lipinski definition) is 9. The lowest BCUT2D eigenvalue weighted by molar-refractivity contribution is -0.0605. The summed E-state index contributed by atoms with van der Waals surface area (Å²) >= 11 is 0. The number of rotatable bonds is 8. The molecule has 1 heterocycles. The molecule has 3 atom stereocenters. The number of likely N-dealkylation sites (tertiary alicyclic amines) is 1. The Labute approximate surface area is 244 Å². The summed E-state index contributed by atoms with van der Waals surface area (Å²) in [5.41, 5.74) is -0.737. The number of nitrogens with zero attached hydrogens (tertiary/aromatic N) is 1. The number of ether oxygens (including phenoxy) is 3. The third-order valence-corrected chi connectivity index (χ3v) is 8.58. The standard InChI is InChI=1S/C29H46N2O9S/c1-20-8-10-23(11-9-20)41(35,36)37-19-22(18-32)38-21-16-24(30-25(33)39-27(2,3)4)29(17-21)12-14-31(15-13-29)26(34)40-28(5,6)7/h8-11,21-22,24,32H,12-19H2,1-7H3,(H,30,33)/t21-,22?,24+/m0/s1. The minimum absolute atomic E-state index is 0.0259. The minimum Gasteiger partial charge on any atom is -0.444 e. The third-order valence-electron chi connectivity index (χ3n) is 7.28. The molecule has 1 saturated carbocycles. The maximum atomic E-state index is 12.7. The lowest BCUT2D eigenvalue weighted by Crippen LogP contribution is -2.52. The summed E-state index contributed by atoms with van der Waals surface area (Å²) in [6.45, 7) is 12.8. The van der Waals surface area contributed by atoms with Gasteiger partial charge in [-0.25, -0.2) is 9.59 Å². The highest BCUT2D eigenvalue weighted by Crippen LogP contribution is 2.48. The van der Waals surface area contributed by atoms with Crippen LogP contribution >= 0.6 is 0 Å². The normalized spacial score (nSPS) is 21.9. The Morgan fingerprint density at radius 2 is 1.63 bits per heavy atom. The van der Waals surface area contributed by atoms with Crippen molar-refractivity contribution in [1.82, 2.24) is 10.2 Å². The maximum Gasteiger partial charge on any atom is 0.410 e. The fourth-order valence-electron chi connectivity index (χ4n) is 5.32. The van der Waals surface area contributed by atoms with E-state index in [-0.39, 0.29) is 35.2 Å². The molecule has 0 aromatic heterocycles. The topological polar surface area (TPSA) is 141 Å². The van der Waals surface area contributed by atoms with Crippen LogP contribution in [-0.4, -0.2) is 86.4 Å². The summed E-state index contributed by atoms with van der Waals surface area (Å²) in [5.74, 6) is 0. The zero-order valence-electron chi connectivity index (χ0n) is 25.3. The lowest BCUT2D eigenvalue weighted by atomic mass is 9.74. The second kappa shape index (κ2) is 12.8. The Bertz CT molecular complexity index is 1150. The van der Waals surface area contributed by atoms with Crippen molar-refractivity contribution in [3.05, 3.63) is 29.8 Å². The van der Waals surface area contributed by atoms with Gasteiger partial charge in [-0.05, 0) is 91.7 Å². The molecule has 1 unspecified atom stereocenters. The maximum absolute atomic E-state index is 12.7. The van der Waals surface area contributed by atoms with Crippen molar-refractivity contribution in [2.75, 3.05) is 26.3 Å². The molecule has 41 heavy (non-hydrogen) atoms. The molecule has 2 N–H and O–H groups in total. The molecule has 2 fully saturated rings. The molecule has 232 valence electrons. The van der Waals surface area contributed by atoms with Crippen molar-refractivity contribution >= 4 is 22.3 Å². The average Bonchev–Trinajstić information content (AvgIpc) is 3.15. The number of aliphatic hydroxyl groups excluding tert-OH is 1. The quantitative estimate of drug-likeness (QED) is 0.422. The van der Waals surface area contributed by atoms with Gasteiger partial charge in [0.1, 0.15) is 17.3 Å². The first kappa shape index (κ1) is 33.1. The summed E-state index contributed by atoms with van der Waals surface area (Å²) in [7, 11) is -4.03. The van der Waals surface area contributed by atoms with E-state index in [1.165, 1.54) is 12.1 Å². The summed E-state index contributed by atoms with van der Waals surface area (Å²) in [4.78, 5) is 27.1. The number of aliphatic hydroxyl groups is 1. The number of carbonyl (C=O) groups is 2. The van der Waals surface area contributed by atoms with E-state index in [1.54, 1.807) is 37.8 Å². The number of benzene rings is 1. The van der Waals surface area contributed by atoms with Gasteiger partial charge in [-0.2, -0.15) is 8.42 Å². The molecule has 2 aliphatic rings. The second-order valence-corrected chi connectivity index (χ2v) is 14.7. The molecule has 1 aromatic carbocycles. The molecule has 12 heteroatoms. The molecule has 1 aliphatic heterocycles. The molecule has 11 nitrogen and oxygen atoms in total.